The van der Waals surface area contributed by atoms with Crippen molar-refractivity contribution in [3.63, 3.8) is 0 Å². The first-order valence-electron chi connectivity index (χ1n) is 5.24. The third-order valence-corrected chi connectivity index (χ3v) is 4.36. The lowest BCUT2D eigenvalue weighted by Gasteiger charge is -2.26. The van der Waals surface area contributed by atoms with E-state index in [1.54, 1.807) is 0 Å². The number of benzene rings is 1. The van der Waals surface area contributed by atoms with Gasteiger partial charge in [0.25, 0.3) is 0 Å². The summed E-state index contributed by atoms with van der Waals surface area (Å²) in [5.74, 6) is 0. The second-order valence-electron chi connectivity index (χ2n) is 4.78. The molecule has 0 bridgehead atoms. The van der Waals surface area contributed by atoms with E-state index >= 15 is 0 Å². The molecule has 2 unspecified atom stereocenters. The number of hydrogen-bond donors (Lipinski definition) is 1. The van der Waals surface area contributed by atoms with Crippen LogP contribution in [0.4, 0.5) is 0 Å². The minimum atomic E-state index is -1.04. The quantitative estimate of drug-likeness (QED) is 0.867. The summed E-state index contributed by atoms with van der Waals surface area (Å²) in [7, 11) is 0. The van der Waals surface area contributed by atoms with Crippen molar-refractivity contribution < 1.29 is 4.55 Å². The predicted molar refractivity (Wildman–Crippen MR) is 73.6 cm³/mol. The fourth-order valence-electron chi connectivity index (χ4n) is 1.18. The van der Waals surface area contributed by atoms with Crippen LogP contribution in [0.2, 0.25) is 0 Å². The van der Waals surface area contributed by atoms with Crippen molar-refractivity contribution in [1.29, 1.82) is 0 Å². The van der Waals surface area contributed by atoms with Gasteiger partial charge in [-0.3, -0.25) is 0 Å². The zero-order chi connectivity index (χ0) is 12.3. The van der Waals surface area contributed by atoms with Gasteiger partial charge in [0.1, 0.15) is 4.75 Å². The highest BCUT2D eigenvalue weighted by molar-refractivity contribution is 9.10. The van der Waals surface area contributed by atoms with Crippen LogP contribution in [0.15, 0.2) is 28.7 Å². The molecule has 0 aliphatic rings. The normalized spacial score (nSPS) is 15.9. The van der Waals surface area contributed by atoms with Crippen molar-refractivity contribution in [2.24, 2.45) is 0 Å². The van der Waals surface area contributed by atoms with E-state index < -0.39 is 11.4 Å². The maximum Gasteiger partial charge on any atom is 0.136 e. The van der Waals surface area contributed by atoms with Crippen molar-refractivity contribution >= 4 is 27.3 Å². The number of nitrogens with one attached hydrogen (secondary N) is 1. The molecule has 0 fully saturated rings. The lowest BCUT2D eigenvalue weighted by Crippen LogP contribution is -2.40. The maximum atomic E-state index is 11.9. The summed E-state index contributed by atoms with van der Waals surface area (Å²) in [4.78, 5) is 0. The Balaban J connectivity index is 2.69. The van der Waals surface area contributed by atoms with Crippen LogP contribution >= 0.6 is 15.9 Å². The van der Waals surface area contributed by atoms with Crippen LogP contribution < -0.4 is 4.72 Å². The van der Waals surface area contributed by atoms with Gasteiger partial charge in [0.2, 0.25) is 0 Å². The molecule has 2 atom stereocenters. The molecular formula is C12H18BrNOS. The average Bonchev–Trinajstić information content (AvgIpc) is 2.16. The fourth-order valence-corrected chi connectivity index (χ4v) is 2.41. The largest absolute Gasteiger partial charge is 0.598 e. The van der Waals surface area contributed by atoms with E-state index in [4.69, 9.17) is 0 Å². The molecule has 1 rings (SSSR count). The van der Waals surface area contributed by atoms with Crippen molar-refractivity contribution in [2.45, 2.75) is 38.5 Å². The van der Waals surface area contributed by atoms with Gasteiger partial charge >= 0.3 is 0 Å². The van der Waals surface area contributed by atoms with Gasteiger partial charge in [0.15, 0.2) is 0 Å². The van der Waals surface area contributed by atoms with E-state index in [0.717, 1.165) is 10.0 Å². The Labute approximate surface area is 109 Å². The SMILES string of the molecule is CC(N[S+]([O-])C(C)(C)C)c1cccc(Br)c1. The molecule has 2 nitrogen and oxygen atoms in total. The topological polar surface area (TPSA) is 35.1 Å². The molecule has 0 heterocycles. The molecular weight excluding hydrogens is 286 g/mol. The third-order valence-electron chi connectivity index (χ3n) is 2.19. The summed E-state index contributed by atoms with van der Waals surface area (Å²) < 4.78 is 15.8. The molecule has 0 radical (unpaired) electrons. The van der Waals surface area contributed by atoms with Gasteiger partial charge in [0.05, 0.1) is 6.04 Å². The van der Waals surface area contributed by atoms with Gasteiger partial charge in [-0.15, -0.1) is 4.72 Å². The molecule has 0 amide bonds. The van der Waals surface area contributed by atoms with Gasteiger partial charge in [-0.05, 0) is 45.4 Å². The molecule has 1 N–H and O–H groups in total. The third kappa shape index (κ3) is 4.09. The number of hydrogen-bond acceptors (Lipinski definition) is 2. The highest BCUT2D eigenvalue weighted by Crippen LogP contribution is 2.21. The zero-order valence-electron chi connectivity index (χ0n) is 10.1. The molecule has 1 aromatic rings. The van der Waals surface area contributed by atoms with E-state index in [2.05, 4.69) is 20.7 Å². The minimum Gasteiger partial charge on any atom is -0.598 e. The first-order chi connectivity index (χ1) is 7.30. The number of rotatable bonds is 3. The summed E-state index contributed by atoms with van der Waals surface area (Å²) in [6.07, 6.45) is 0. The molecule has 4 heteroatoms. The monoisotopic (exact) mass is 303 g/mol. The summed E-state index contributed by atoms with van der Waals surface area (Å²) in [6.45, 7) is 7.91. The molecule has 0 aliphatic carbocycles. The fraction of sp³-hybridized carbons (Fsp3) is 0.500. The Hall–Kier alpha value is -0.0300. The van der Waals surface area contributed by atoms with Crippen LogP contribution in [0.1, 0.15) is 39.3 Å². The molecule has 0 aliphatic heterocycles. The summed E-state index contributed by atoms with van der Waals surface area (Å²) in [6, 6.07) is 8.12. The van der Waals surface area contributed by atoms with Gasteiger partial charge < -0.3 is 4.55 Å². The van der Waals surface area contributed by atoms with E-state index in [1.165, 1.54) is 0 Å². The molecule has 0 aromatic heterocycles. The lowest BCUT2D eigenvalue weighted by atomic mass is 10.1. The number of halogens is 1. The van der Waals surface area contributed by atoms with Crippen LogP contribution in [-0.2, 0) is 11.4 Å². The smallest absolute Gasteiger partial charge is 0.136 e. The van der Waals surface area contributed by atoms with Gasteiger partial charge in [0, 0.05) is 15.8 Å². The molecule has 0 saturated heterocycles. The van der Waals surface area contributed by atoms with Gasteiger partial charge in [-0.1, -0.05) is 28.1 Å². The minimum absolute atomic E-state index is 0.0811. The molecule has 0 saturated carbocycles. The first kappa shape index (κ1) is 14.0. The van der Waals surface area contributed by atoms with Crippen molar-refractivity contribution in [3.8, 4) is 0 Å². The molecule has 1 aromatic carbocycles. The van der Waals surface area contributed by atoms with Crippen molar-refractivity contribution in [1.82, 2.24) is 4.72 Å². The second-order valence-corrected chi connectivity index (χ2v) is 7.69. The van der Waals surface area contributed by atoms with E-state index in [1.807, 2.05) is 52.0 Å². The van der Waals surface area contributed by atoms with E-state index in [-0.39, 0.29) is 10.8 Å². The van der Waals surface area contributed by atoms with E-state index in [9.17, 15) is 4.55 Å². The van der Waals surface area contributed by atoms with Gasteiger partial charge in [-0.2, -0.15) is 0 Å². The first-order valence-corrected chi connectivity index (χ1v) is 7.18. The van der Waals surface area contributed by atoms with Crippen molar-refractivity contribution in [2.75, 3.05) is 0 Å². The van der Waals surface area contributed by atoms with Crippen LogP contribution in [0.25, 0.3) is 0 Å². The zero-order valence-corrected chi connectivity index (χ0v) is 12.5. The van der Waals surface area contributed by atoms with Gasteiger partial charge in [-0.25, -0.2) is 0 Å². The van der Waals surface area contributed by atoms with Crippen molar-refractivity contribution in [3.05, 3.63) is 34.3 Å². The lowest BCUT2D eigenvalue weighted by molar-refractivity contribution is 0.531. The van der Waals surface area contributed by atoms with Crippen LogP contribution in [-0.4, -0.2) is 9.30 Å². The standard InChI is InChI=1S/C12H18BrNOS/c1-9(14-16(15)12(2,3)4)10-6-5-7-11(13)8-10/h5-9,14H,1-4H3. The summed E-state index contributed by atoms with van der Waals surface area (Å²) in [5, 5.41) is 0. The Bertz CT molecular complexity index is 351. The van der Waals surface area contributed by atoms with Crippen LogP contribution in [0.3, 0.4) is 0 Å². The molecule has 90 valence electrons. The highest BCUT2D eigenvalue weighted by atomic mass is 79.9. The molecule has 16 heavy (non-hydrogen) atoms. The summed E-state index contributed by atoms with van der Waals surface area (Å²) in [5.41, 5.74) is 1.13. The Morgan fingerprint density at radius 3 is 2.50 bits per heavy atom. The summed E-state index contributed by atoms with van der Waals surface area (Å²) >= 11 is 2.39. The Morgan fingerprint density at radius 1 is 1.38 bits per heavy atom. The van der Waals surface area contributed by atoms with Crippen LogP contribution in [0, 0.1) is 0 Å². The Kier molecular flexibility index (Phi) is 4.86. The van der Waals surface area contributed by atoms with E-state index in [0.29, 0.717) is 0 Å². The maximum absolute atomic E-state index is 11.9. The average molecular weight is 304 g/mol. The Morgan fingerprint density at radius 2 is 2.00 bits per heavy atom. The highest BCUT2D eigenvalue weighted by Gasteiger charge is 2.28. The second kappa shape index (κ2) is 5.54. The molecule has 0 spiro atoms. The van der Waals surface area contributed by atoms with Crippen LogP contribution in [0.5, 0.6) is 0 Å². The predicted octanol–water partition coefficient (Wildman–Crippen LogP) is 3.56.